The van der Waals surface area contributed by atoms with Gasteiger partial charge in [0.05, 0.1) is 0 Å². The van der Waals surface area contributed by atoms with Crippen molar-refractivity contribution < 1.29 is 32.0 Å². The predicted molar refractivity (Wildman–Crippen MR) is 15.2 cm³/mol. The molecule has 0 saturated carbocycles. The quantitative estimate of drug-likeness (QED) is 0.619. The third-order valence-corrected chi connectivity index (χ3v) is 0. The first kappa shape index (κ1) is 9.17. The average Bonchev–Trinajstić information content (AvgIpc) is 0.918. The van der Waals surface area contributed by atoms with Crippen molar-refractivity contribution in [1.82, 2.24) is 0 Å². The molecule has 0 fully saturated rings. The summed E-state index contributed by atoms with van der Waals surface area (Å²) >= 11 is -0.583. The molecule has 0 aromatic rings. The fourth-order valence-corrected chi connectivity index (χ4v) is 0. The first-order valence-electron chi connectivity index (χ1n) is 0.333. The third kappa shape index (κ3) is 9.42. The van der Waals surface area contributed by atoms with Gasteiger partial charge in [0.2, 0.25) is 0 Å². The Labute approximate surface area is 51.2 Å². The van der Waals surface area contributed by atoms with Gasteiger partial charge in [0, 0.05) is 17.1 Å². The fraction of sp³-hybridized carbons (Fsp3) is 0. The molecule has 0 spiro atoms. The van der Waals surface area contributed by atoms with Gasteiger partial charge in [-0.2, -0.15) is 0 Å². The SMILES string of the molecule is [Fe].[S]=[W]=[S]. The van der Waals surface area contributed by atoms with Gasteiger partial charge in [0.1, 0.15) is 0 Å². The van der Waals surface area contributed by atoms with E-state index in [1.165, 1.54) is 0 Å². The first-order valence-corrected chi connectivity index (χ1v) is 8.19. The van der Waals surface area contributed by atoms with Crippen LogP contribution in [0.1, 0.15) is 0 Å². The fourth-order valence-electron chi connectivity index (χ4n) is 0. The monoisotopic (exact) mass is 304 g/mol. The Morgan fingerprint density at radius 1 is 1.25 bits per heavy atom. The molecule has 4 heavy (non-hydrogen) atoms. The molecule has 0 radical (unpaired) electrons. The van der Waals surface area contributed by atoms with Crippen LogP contribution in [0.5, 0.6) is 0 Å². The molecular weight excluding hydrogens is 304 g/mol. The molecule has 0 aromatic carbocycles. The Hall–Kier alpha value is 1.65. The first-order chi connectivity index (χ1) is 1.41. The normalized spacial score (nSPS) is 3.00. The number of rotatable bonds is 0. The molecule has 0 nitrogen and oxygen atoms in total. The molecule has 0 aliphatic rings. The van der Waals surface area contributed by atoms with Crippen LogP contribution in [0.25, 0.3) is 0 Å². The molecule has 0 N–H and O–H groups in total. The molecule has 0 aliphatic heterocycles. The van der Waals surface area contributed by atoms with E-state index in [2.05, 4.69) is 19.6 Å². The van der Waals surface area contributed by atoms with Crippen LogP contribution in [-0.2, 0) is 32.0 Å². The van der Waals surface area contributed by atoms with E-state index in [0.29, 0.717) is 0 Å². The molecule has 0 rings (SSSR count). The maximum atomic E-state index is 4.38. The number of hydrogen-bond acceptors (Lipinski definition) is 2. The molecular formula is FeS2W. The molecule has 0 amide bonds. The van der Waals surface area contributed by atoms with Crippen LogP contribution >= 0.6 is 19.6 Å². The van der Waals surface area contributed by atoms with E-state index in [9.17, 15) is 0 Å². The van der Waals surface area contributed by atoms with Gasteiger partial charge in [-0.05, 0) is 0 Å². The Morgan fingerprint density at radius 3 is 1.25 bits per heavy atom. The summed E-state index contributed by atoms with van der Waals surface area (Å²) in [5.41, 5.74) is 0. The Morgan fingerprint density at radius 2 is 1.25 bits per heavy atom. The van der Waals surface area contributed by atoms with Gasteiger partial charge in [-0.15, -0.1) is 0 Å². The van der Waals surface area contributed by atoms with Gasteiger partial charge in [0.15, 0.2) is 0 Å². The summed E-state index contributed by atoms with van der Waals surface area (Å²) in [6.07, 6.45) is 0. The minimum atomic E-state index is -0.583. The average molecular weight is 304 g/mol. The van der Waals surface area contributed by atoms with Crippen LogP contribution in [0.4, 0.5) is 0 Å². The molecule has 0 unspecified atom stereocenters. The maximum absolute atomic E-state index is 4.38. The molecule has 0 aliphatic carbocycles. The molecule has 4 heteroatoms. The van der Waals surface area contributed by atoms with Crippen LogP contribution in [-0.4, -0.2) is 0 Å². The molecule has 0 atom stereocenters. The summed E-state index contributed by atoms with van der Waals surface area (Å²) in [7, 11) is 8.75. The Balaban J connectivity index is 0. The van der Waals surface area contributed by atoms with Gasteiger partial charge in [0.25, 0.3) is 0 Å². The summed E-state index contributed by atoms with van der Waals surface area (Å²) in [6, 6.07) is 0. The van der Waals surface area contributed by atoms with E-state index in [1.807, 2.05) is 0 Å². The Kier molecular flexibility index (Phi) is 20.2. The second-order valence-corrected chi connectivity index (χ2v) is 5.01. The van der Waals surface area contributed by atoms with Crippen LogP contribution in [0, 0.1) is 0 Å². The van der Waals surface area contributed by atoms with Crippen molar-refractivity contribution in [2.75, 3.05) is 0 Å². The molecule has 0 bridgehead atoms. The summed E-state index contributed by atoms with van der Waals surface area (Å²) in [4.78, 5) is 0. The molecule has 0 aromatic heterocycles. The van der Waals surface area contributed by atoms with E-state index < -0.39 is 14.9 Å². The molecule has 0 heterocycles. The van der Waals surface area contributed by atoms with Crippen molar-refractivity contribution in [2.45, 2.75) is 0 Å². The van der Waals surface area contributed by atoms with Crippen molar-refractivity contribution in [3.8, 4) is 0 Å². The second-order valence-electron chi connectivity index (χ2n) is 0.0680. The van der Waals surface area contributed by atoms with Crippen molar-refractivity contribution in [3.63, 3.8) is 0 Å². The van der Waals surface area contributed by atoms with Gasteiger partial charge in [-0.3, -0.25) is 0 Å². The van der Waals surface area contributed by atoms with E-state index in [4.69, 9.17) is 0 Å². The molecule has 26 valence electrons. The predicted octanol–water partition coefficient (Wildman–Crippen LogP) is 1.29. The summed E-state index contributed by atoms with van der Waals surface area (Å²) in [6.45, 7) is 0. The zero-order valence-electron chi connectivity index (χ0n) is 1.58. The van der Waals surface area contributed by atoms with Gasteiger partial charge in [-0.25, -0.2) is 0 Å². The van der Waals surface area contributed by atoms with Crippen LogP contribution < -0.4 is 0 Å². The van der Waals surface area contributed by atoms with E-state index in [1.54, 1.807) is 0 Å². The van der Waals surface area contributed by atoms with Crippen LogP contribution in [0.2, 0.25) is 0 Å². The Bertz CT molecular complexity index is 27.0. The second kappa shape index (κ2) is 8.82. The van der Waals surface area contributed by atoms with Gasteiger partial charge >= 0.3 is 34.6 Å². The van der Waals surface area contributed by atoms with E-state index in [0.717, 1.165) is 0 Å². The van der Waals surface area contributed by atoms with Crippen molar-refractivity contribution in [1.29, 1.82) is 0 Å². The number of hydrogen-bond donors (Lipinski definition) is 0. The molecule has 0 saturated heterocycles. The third-order valence-electron chi connectivity index (χ3n) is 0. The van der Waals surface area contributed by atoms with Crippen molar-refractivity contribution >= 4 is 19.6 Å². The summed E-state index contributed by atoms with van der Waals surface area (Å²) in [5, 5.41) is 0. The van der Waals surface area contributed by atoms with Gasteiger partial charge < -0.3 is 0 Å². The van der Waals surface area contributed by atoms with E-state index >= 15 is 0 Å². The topological polar surface area (TPSA) is 0 Å². The minimum absolute atomic E-state index is 0. The zero-order chi connectivity index (χ0) is 2.71. The van der Waals surface area contributed by atoms with Crippen molar-refractivity contribution in [3.05, 3.63) is 0 Å². The van der Waals surface area contributed by atoms with Gasteiger partial charge in [-0.1, -0.05) is 0 Å². The summed E-state index contributed by atoms with van der Waals surface area (Å²) < 4.78 is 0. The standard InChI is InChI=1S/Fe.2S.W. The van der Waals surface area contributed by atoms with Crippen molar-refractivity contribution in [2.24, 2.45) is 0 Å². The van der Waals surface area contributed by atoms with Crippen LogP contribution in [0.3, 0.4) is 0 Å². The van der Waals surface area contributed by atoms with Crippen LogP contribution in [0.15, 0.2) is 0 Å². The summed E-state index contributed by atoms with van der Waals surface area (Å²) in [5.74, 6) is 0. The zero-order valence-corrected chi connectivity index (χ0v) is 7.25. The van der Waals surface area contributed by atoms with E-state index in [-0.39, 0.29) is 17.1 Å².